The molecule has 1 spiro atoms. The number of nitrogen functional groups attached to an aromatic ring is 1. The number of halogens is 5. The Kier molecular flexibility index (Phi) is 7.25. The van der Waals surface area contributed by atoms with Gasteiger partial charge in [0, 0.05) is 31.3 Å². The summed E-state index contributed by atoms with van der Waals surface area (Å²) in [6.45, 7) is 1.58. The van der Waals surface area contributed by atoms with Crippen molar-refractivity contribution in [3.05, 3.63) is 65.7 Å². The van der Waals surface area contributed by atoms with Crippen molar-refractivity contribution in [2.24, 2.45) is 5.41 Å². The third-order valence-corrected chi connectivity index (χ3v) is 7.51. The van der Waals surface area contributed by atoms with Crippen molar-refractivity contribution in [3.8, 4) is 17.0 Å². The number of aliphatic carboxylic acids is 1. The largest absolute Gasteiger partial charge is 0.480 e. The van der Waals surface area contributed by atoms with E-state index in [1.165, 1.54) is 24.3 Å². The molecule has 0 saturated carbocycles. The van der Waals surface area contributed by atoms with Gasteiger partial charge in [-0.05, 0) is 42.4 Å². The lowest BCUT2D eigenvalue weighted by Gasteiger charge is -2.39. The van der Waals surface area contributed by atoms with E-state index in [0.29, 0.717) is 44.7 Å². The Morgan fingerprint density at radius 3 is 2.33 bits per heavy atom. The number of benzene rings is 2. The lowest BCUT2D eigenvalue weighted by atomic mass is 9.76. The van der Waals surface area contributed by atoms with E-state index < -0.39 is 35.9 Å². The Hall–Kier alpha value is -4.00. The van der Waals surface area contributed by atoms with Crippen LogP contribution in [-0.2, 0) is 4.79 Å². The van der Waals surface area contributed by atoms with E-state index in [9.17, 15) is 31.9 Å². The van der Waals surface area contributed by atoms with Crippen LogP contribution in [0.15, 0.2) is 48.5 Å². The molecule has 40 heavy (non-hydrogen) atoms. The molecular formula is C27H26F5N5O3. The zero-order chi connectivity index (χ0) is 28.7. The summed E-state index contributed by atoms with van der Waals surface area (Å²) in [5.74, 6) is -2.93. The van der Waals surface area contributed by atoms with Crippen LogP contribution in [0, 0.1) is 17.0 Å². The Morgan fingerprint density at radius 1 is 1.10 bits per heavy atom. The fourth-order valence-corrected chi connectivity index (χ4v) is 5.38. The SMILES string of the molecule is Nc1nc(OC(c2ccc(-c3c(F)cccc3F)cc2)C(F)(F)F)cc(N2CCC3(CC2)CN[C@H](C(=O)O)C3)n1. The molecule has 2 atom stereocenters. The van der Waals surface area contributed by atoms with Gasteiger partial charge < -0.3 is 25.8 Å². The van der Waals surface area contributed by atoms with Crippen LogP contribution in [0.25, 0.3) is 11.1 Å². The van der Waals surface area contributed by atoms with E-state index in [-0.39, 0.29) is 33.9 Å². The molecule has 8 nitrogen and oxygen atoms in total. The number of nitrogens with one attached hydrogen (secondary N) is 1. The molecule has 2 aromatic carbocycles. The van der Waals surface area contributed by atoms with Gasteiger partial charge in [0.25, 0.3) is 0 Å². The minimum atomic E-state index is -4.85. The fourth-order valence-electron chi connectivity index (χ4n) is 5.38. The lowest BCUT2D eigenvalue weighted by Crippen LogP contribution is -2.41. The first-order valence-corrected chi connectivity index (χ1v) is 12.6. The van der Waals surface area contributed by atoms with Crippen LogP contribution >= 0.6 is 0 Å². The molecule has 0 bridgehead atoms. The minimum Gasteiger partial charge on any atom is -0.480 e. The van der Waals surface area contributed by atoms with Crippen LogP contribution in [-0.4, -0.2) is 52.9 Å². The van der Waals surface area contributed by atoms with E-state index in [1.54, 1.807) is 0 Å². The Bertz CT molecular complexity index is 1370. The molecular weight excluding hydrogens is 537 g/mol. The van der Waals surface area contributed by atoms with E-state index >= 15 is 0 Å². The van der Waals surface area contributed by atoms with E-state index in [2.05, 4.69) is 15.3 Å². The number of anilines is 2. The van der Waals surface area contributed by atoms with Gasteiger partial charge in [-0.15, -0.1) is 0 Å². The topological polar surface area (TPSA) is 114 Å². The van der Waals surface area contributed by atoms with Crippen molar-refractivity contribution in [1.29, 1.82) is 0 Å². The maximum absolute atomic E-state index is 14.1. The quantitative estimate of drug-likeness (QED) is 0.370. The van der Waals surface area contributed by atoms with Crippen LogP contribution < -0.4 is 20.7 Å². The summed E-state index contributed by atoms with van der Waals surface area (Å²) in [4.78, 5) is 21.2. The van der Waals surface area contributed by atoms with Gasteiger partial charge in [-0.25, -0.2) is 8.78 Å². The first kappa shape index (κ1) is 27.6. The second-order valence-electron chi connectivity index (χ2n) is 10.1. The molecule has 1 unspecified atom stereocenters. The number of rotatable bonds is 6. The molecule has 1 aromatic heterocycles. The van der Waals surface area contributed by atoms with Gasteiger partial charge in [0.15, 0.2) is 0 Å². The number of carboxylic acids is 1. The summed E-state index contributed by atoms with van der Waals surface area (Å²) < 4.78 is 75.8. The first-order valence-electron chi connectivity index (χ1n) is 12.6. The van der Waals surface area contributed by atoms with Crippen molar-refractivity contribution >= 4 is 17.7 Å². The van der Waals surface area contributed by atoms with Crippen molar-refractivity contribution in [3.63, 3.8) is 0 Å². The zero-order valence-electron chi connectivity index (χ0n) is 21.1. The highest BCUT2D eigenvalue weighted by Crippen LogP contribution is 2.41. The molecule has 2 saturated heterocycles. The number of alkyl halides is 3. The van der Waals surface area contributed by atoms with Crippen LogP contribution in [0.2, 0.25) is 0 Å². The first-order chi connectivity index (χ1) is 18.9. The third kappa shape index (κ3) is 5.64. The number of nitrogens with two attached hydrogens (primary N) is 1. The summed E-state index contributed by atoms with van der Waals surface area (Å²) in [6.07, 6.45) is -5.44. The molecule has 0 amide bonds. The van der Waals surface area contributed by atoms with Crippen LogP contribution in [0.5, 0.6) is 5.88 Å². The summed E-state index contributed by atoms with van der Waals surface area (Å²) in [7, 11) is 0. The third-order valence-electron chi connectivity index (χ3n) is 7.51. The molecule has 5 rings (SSSR count). The van der Waals surface area contributed by atoms with Gasteiger partial charge in [-0.3, -0.25) is 4.79 Å². The van der Waals surface area contributed by atoms with Crippen molar-refractivity contribution in [2.75, 3.05) is 30.3 Å². The average Bonchev–Trinajstić information content (AvgIpc) is 3.31. The molecule has 2 fully saturated rings. The van der Waals surface area contributed by atoms with Gasteiger partial charge in [-0.2, -0.15) is 23.1 Å². The number of hydrogen-bond donors (Lipinski definition) is 3. The molecule has 0 aliphatic carbocycles. The summed E-state index contributed by atoms with van der Waals surface area (Å²) in [5.41, 5.74) is 5.07. The van der Waals surface area contributed by atoms with Crippen molar-refractivity contribution < 1.29 is 36.6 Å². The highest BCUT2D eigenvalue weighted by atomic mass is 19.4. The van der Waals surface area contributed by atoms with Gasteiger partial charge in [0.2, 0.25) is 17.9 Å². The van der Waals surface area contributed by atoms with Crippen molar-refractivity contribution in [1.82, 2.24) is 15.3 Å². The highest BCUT2D eigenvalue weighted by molar-refractivity contribution is 5.74. The molecule has 13 heteroatoms. The molecule has 2 aliphatic rings. The van der Waals surface area contributed by atoms with Gasteiger partial charge in [-0.1, -0.05) is 30.3 Å². The minimum absolute atomic E-state index is 0.0730. The van der Waals surface area contributed by atoms with Gasteiger partial charge >= 0.3 is 12.1 Å². The number of hydrogen-bond acceptors (Lipinski definition) is 7. The maximum atomic E-state index is 14.1. The molecule has 3 heterocycles. The Labute approximate surface area is 226 Å². The van der Waals surface area contributed by atoms with Crippen LogP contribution in [0.1, 0.15) is 30.9 Å². The number of carboxylic acid groups (broad SMARTS) is 1. The molecule has 2 aliphatic heterocycles. The molecule has 3 aromatic rings. The maximum Gasteiger partial charge on any atom is 0.429 e. The average molecular weight is 564 g/mol. The normalized spacial score (nSPS) is 19.5. The summed E-state index contributed by atoms with van der Waals surface area (Å²) in [6, 6.07) is 8.56. The van der Waals surface area contributed by atoms with Crippen LogP contribution in [0.4, 0.5) is 33.7 Å². The Balaban J connectivity index is 1.34. The molecule has 212 valence electrons. The number of aromatic nitrogens is 2. The second-order valence-corrected chi connectivity index (χ2v) is 10.1. The number of nitrogens with zero attached hydrogens (tertiary/aromatic N) is 3. The predicted molar refractivity (Wildman–Crippen MR) is 136 cm³/mol. The number of piperidine rings is 1. The second kappa shape index (κ2) is 10.5. The van der Waals surface area contributed by atoms with Gasteiger partial charge in [0.05, 0.1) is 5.56 Å². The smallest absolute Gasteiger partial charge is 0.429 e. The summed E-state index contributed by atoms with van der Waals surface area (Å²) in [5, 5.41) is 12.3. The van der Waals surface area contributed by atoms with E-state index in [0.717, 1.165) is 24.3 Å². The predicted octanol–water partition coefficient (Wildman–Crippen LogP) is 4.72. The monoisotopic (exact) mass is 563 g/mol. The van der Waals surface area contributed by atoms with Gasteiger partial charge in [0.1, 0.15) is 23.5 Å². The molecule has 4 N–H and O–H groups in total. The summed E-state index contributed by atoms with van der Waals surface area (Å²) >= 11 is 0. The lowest BCUT2D eigenvalue weighted by molar-refractivity contribution is -0.198. The van der Waals surface area contributed by atoms with Crippen LogP contribution in [0.3, 0.4) is 0 Å². The standard InChI is InChI=1S/C27H26F5N5O3/c28-17-2-1-3-18(29)22(17)15-4-6-16(7-5-15)23(27(30,31)32)40-21-12-20(35-25(33)36-21)37-10-8-26(9-11-37)13-19(24(38)39)34-14-26/h1-7,12,19,23,34H,8-11,13-14H2,(H,38,39)(H2,33,35,36)/t19-,23?/m0/s1. The Morgan fingerprint density at radius 2 is 1.75 bits per heavy atom. The fraction of sp³-hybridized carbons (Fsp3) is 0.370. The highest BCUT2D eigenvalue weighted by Gasteiger charge is 2.45. The van der Waals surface area contributed by atoms with Crippen molar-refractivity contribution in [2.45, 2.75) is 37.6 Å². The zero-order valence-corrected chi connectivity index (χ0v) is 21.1. The van der Waals surface area contributed by atoms with E-state index in [1.807, 2.05) is 4.90 Å². The van der Waals surface area contributed by atoms with E-state index in [4.69, 9.17) is 10.5 Å². The number of ether oxygens (including phenoxy) is 1. The molecule has 0 radical (unpaired) electrons. The number of carbonyl (C=O) groups is 1.